The van der Waals surface area contributed by atoms with Gasteiger partial charge in [0.15, 0.2) is 0 Å². The summed E-state index contributed by atoms with van der Waals surface area (Å²) in [6.07, 6.45) is 5.64. The molecule has 0 bridgehead atoms. The number of aromatic nitrogens is 2. The summed E-state index contributed by atoms with van der Waals surface area (Å²) < 4.78 is 1.97. The molecule has 2 aliphatic heterocycles. The third kappa shape index (κ3) is 4.25. The predicted octanol–water partition coefficient (Wildman–Crippen LogP) is 4.91. The van der Waals surface area contributed by atoms with Gasteiger partial charge in [0.2, 0.25) is 0 Å². The molecule has 166 valence electrons. The zero-order valence-corrected chi connectivity index (χ0v) is 18.2. The first-order valence-corrected chi connectivity index (χ1v) is 11.6. The van der Waals surface area contributed by atoms with Crippen LogP contribution in [0, 0.1) is 10.1 Å². The number of nitrogens with zero attached hydrogens (tertiary/aromatic N) is 4. The highest BCUT2D eigenvalue weighted by molar-refractivity contribution is 5.56. The molecule has 1 unspecified atom stereocenters. The highest BCUT2D eigenvalue weighted by Crippen LogP contribution is 2.36. The van der Waals surface area contributed by atoms with Gasteiger partial charge in [-0.1, -0.05) is 30.3 Å². The molecule has 0 amide bonds. The molecule has 1 aromatic heterocycles. The maximum absolute atomic E-state index is 11.1. The van der Waals surface area contributed by atoms with E-state index in [0.29, 0.717) is 5.92 Å². The van der Waals surface area contributed by atoms with Crippen LogP contribution in [0.1, 0.15) is 48.4 Å². The number of nitrogens with one attached hydrogen (secondary N) is 1. The molecule has 7 nitrogen and oxygen atoms in total. The average Bonchev–Trinajstić information content (AvgIpc) is 3.01. The lowest BCUT2D eigenvalue weighted by molar-refractivity contribution is -0.384. The molecule has 2 aliphatic rings. The lowest BCUT2D eigenvalue weighted by Crippen LogP contribution is -2.34. The van der Waals surface area contributed by atoms with E-state index in [1.807, 2.05) is 4.68 Å². The molecule has 3 aromatic rings. The summed E-state index contributed by atoms with van der Waals surface area (Å²) in [5.41, 5.74) is 4.84. The number of anilines is 1. The number of rotatable bonds is 5. The average molecular weight is 432 g/mol. The first-order valence-electron chi connectivity index (χ1n) is 11.6. The molecule has 1 saturated heterocycles. The van der Waals surface area contributed by atoms with Crippen LogP contribution in [-0.4, -0.2) is 39.2 Å². The van der Waals surface area contributed by atoms with E-state index in [9.17, 15) is 10.1 Å². The summed E-state index contributed by atoms with van der Waals surface area (Å²) in [5.74, 6) is 1.46. The van der Waals surface area contributed by atoms with Crippen LogP contribution in [0.15, 0.2) is 54.6 Å². The molecule has 0 radical (unpaired) electrons. The highest BCUT2D eigenvalue weighted by atomic mass is 16.6. The third-order valence-corrected chi connectivity index (χ3v) is 6.61. The minimum absolute atomic E-state index is 0.101. The van der Waals surface area contributed by atoms with E-state index in [2.05, 4.69) is 40.5 Å². The molecule has 0 spiro atoms. The van der Waals surface area contributed by atoms with Crippen molar-refractivity contribution in [1.82, 2.24) is 14.7 Å². The molecular formula is C25H29N5O2. The number of nitro groups is 1. The van der Waals surface area contributed by atoms with Crippen molar-refractivity contribution in [3.8, 4) is 5.69 Å². The van der Waals surface area contributed by atoms with Gasteiger partial charge < -0.3 is 5.32 Å². The van der Waals surface area contributed by atoms with Crippen molar-refractivity contribution in [2.24, 2.45) is 0 Å². The summed E-state index contributed by atoms with van der Waals surface area (Å²) in [4.78, 5) is 13.3. The molecule has 5 rings (SSSR count). The number of nitro benzene ring substituents is 1. The monoisotopic (exact) mass is 431 g/mol. The normalized spacial score (nSPS) is 19.1. The van der Waals surface area contributed by atoms with Gasteiger partial charge in [0, 0.05) is 43.2 Å². The number of hydrogen-bond donors (Lipinski definition) is 1. The van der Waals surface area contributed by atoms with Crippen molar-refractivity contribution < 1.29 is 4.92 Å². The Morgan fingerprint density at radius 3 is 2.66 bits per heavy atom. The maximum atomic E-state index is 11.1. The molecule has 2 aromatic carbocycles. The van der Waals surface area contributed by atoms with Crippen LogP contribution < -0.4 is 5.32 Å². The van der Waals surface area contributed by atoms with Gasteiger partial charge in [-0.3, -0.25) is 15.0 Å². The lowest BCUT2D eigenvalue weighted by atomic mass is 9.91. The summed E-state index contributed by atoms with van der Waals surface area (Å²) >= 11 is 0. The fraction of sp³-hybridized carbons (Fsp3) is 0.400. The first kappa shape index (κ1) is 20.7. The third-order valence-electron chi connectivity index (χ3n) is 6.61. The van der Waals surface area contributed by atoms with Crippen molar-refractivity contribution in [1.29, 1.82) is 0 Å². The number of piperidine rings is 1. The Labute approximate surface area is 188 Å². The number of non-ortho nitro benzene ring substituents is 1. The van der Waals surface area contributed by atoms with Crippen molar-refractivity contribution in [2.45, 2.75) is 44.6 Å². The van der Waals surface area contributed by atoms with Crippen LogP contribution >= 0.6 is 0 Å². The summed E-state index contributed by atoms with van der Waals surface area (Å²) in [5, 5.41) is 19.8. The minimum Gasteiger partial charge on any atom is -0.370 e. The zero-order chi connectivity index (χ0) is 21.9. The molecule has 0 aliphatic carbocycles. The molecule has 3 heterocycles. The first-order chi connectivity index (χ1) is 15.7. The fourth-order valence-corrected chi connectivity index (χ4v) is 5.02. The van der Waals surface area contributed by atoms with E-state index in [4.69, 9.17) is 5.10 Å². The molecular weight excluding hydrogens is 402 g/mol. The van der Waals surface area contributed by atoms with Crippen molar-refractivity contribution in [3.05, 3.63) is 81.5 Å². The molecule has 1 N–H and O–H groups in total. The second-order valence-electron chi connectivity index (χ2n) is 8.84. The Morgan fingerprint density at radius 1 is 1.06 bits per heavy atom. The van der Waals surface area contributed by atoms with Gasteiger partial charge in [0.1, 0.15) is 5.82 Å². The van der Waals surface area contributed by atoms with E-state index in [0.717, 1.165) is 63.4 Å². The topological polar surface area (TPSA) is 76.2 Å². The van der Waals surface area contributed by atoms with Crippen LogP contribution in [-0.2, 0) is 13.0 Å². The molecule has 32 heavy (non-hydrogen) atoms. The quantitative estimate of drug-likeness (QED) is 0.459. The summed E-state index contributed by atoms with van der Waals surface area (Å²) in [7, 11) is 0. The van der Waals surface area contributed by atoms with Crippen molar-refractivity contribution in [3.63, 3.8) is 0 Å². The van der Waals surface area contributed by atoms with Crippen LogP contribution in [0.5, 0.6) is 0 Å². The Kier molecular flexibility index (Phi) is 5.90. The van der Waals surface area contributed by atoms with Crippen LogP contribution in [0.2, 0.25) is 0 Å². The number of benzene rings is 2. The summed E-state index contributed by atoms with van der Waals surface area (Å²) in [6, 6.07) is 17.4. The maximum Gasteiger partial charge on any atom is 0.269 e. The predicted molar refractivity (Wildman–Crippen MR) is 125 cm³/mol. The van der Waals surface area contributed by atoms with Gasteiger partial charge in [-0.05, 0) is 56.3 Å². The molecule has 1 fully saturated rings. The van der Waals surface area contributed by atoms with Gasteiger partial charge in [-0.25, -0.2) is 4.68 Å². The van der Waals surface area contributed by atoms with Gasteiger partial charge >= 0.3 is 0 Å². The van der Waals surface area contributed by atoms with Gasteiger partial charge in [-0.15, -0.1) is 0 Å². The number of hydrogen-bond acceptors (Lipinski definition) is 5. The highest BCUT2D eigenvalue weighted by Gasteiger charge is 2.29. The van der Waals surface area contributed by atoms with Crippen LogP contribution in [0.4, 0.5) is 11.5 Å². The number of likely N-dealkylation sites (tertiary alicyclic amines) is 1. The Bertz CT molecular complexity index is 1080. The standard InChI is InChI=1S/C25H29N5O2/c31-30(32)22-13-11-21(12-14-22)29-25-23(10-4-5-15-26-25)24(27-29)20-9-6-16-28(18-20)17-19-7-2-1-3-8-19/h1-3,7-8,11-14,20,26H,4-6,9-10,15-18H2. The Morgan fingerprint density at radius 2 is 1.88 bits per heavy atom. The van der Waals surface area contributed by atoms with Crippen LogP contribution in [0.3, 0.4) is 0 Å². The smallest absolute Gasteiger partial charge is 0.269 e. The van der Waals surface area contributed by atoms with E-state index < -0.39 is 0 Å². The fourth-order valence-electron chi connectivity index (χ4n) is 5.02. The summed E-state index contributed by atoms with van der Waals surface area (Å²) in [6.45, 7) is 4.03. The Hall–Kier alpha value is -3.19. The SMILES string of the molecule is O=[N+]([O-])c1ccc(-n2nc(C3CCCN(Cc4ccccc4)C3)c3c2NCCCC3)cc1. The van der Waals surface area contributed by atoms with E-state index in [1.54, 1.807) is 24.3 Å². The van der Waals surface area contributed by atoms with Gasteiger partial charge in [-0.2, -0.15) is 5.10 Å². The second-order valence-corrected chi connectivity index (χ2v) is 8.84. The van der Waals surface area contributed by atoms with Crippen molar-refractivity contribution >= 4 is 11.5 Å². The minimum atomic E-state index is -0.361. The zero-order valence-electron chi connectivity index (χ0n) is 18.2. The van der Waals surface area contributed by atoms with E-state index in [-0.39, 0.29) is 10.6 Å². The second kappa shape index (κ2) is 9.12. The van der Waals surface area contributed by atoms with Gasteiger partial charge in [0.25, 0.3) is 5.69 Å². The van der Waals surface area contributed by atoms with Gasteiger partial charge in [0.05, 0.1) is 16.3 Å². The van der Waals surface area contributed by atoms with E-state index in [1.165, 1.54) is 23.2 Å². The van der Waals surface area contributed by atoms with Crippen LogP contribution in [0.25, 0.3) is 5.69 Å². The van der Waals surface area contributed by atoms with E-state index >= 15 is 0 Å². The van der Waals surface area contributed by atoms with Crippen molar-refractivity contribution in [2.75, 3.05) is 25.0 Å². The lowest BCUT2D eigenvalue weighted by Gasteiger charge is -2.32. The molecule has 7 heteroatoms. The number of fused-ring (bicyclic) bond motifs is 1. The molecule has 0 saturated carbocycles. The Balaban J connectivity index is 1.45. The molecule has 1 atom stereocenters. The largest absolute Gasteiger partial charge is 0.370 e.